The summed E-state index contributed by atoms with van der Waals surface area (Å²) in [7, 11) is -2.02. The van der Waals surface area contributed by atoms with Gasteiger partial charge in [-0.3, -0.25) is 0 Å². The number of ether oxygens (including phenoxy) is 1. The van der Waals surface area contributed by atoms with E-state index < -0.39 is 8.56 Å². The highest BCUT2D eigenvalue weighted by Crippen LogP contribution is 2.40. The van der Waals surface area contributed by atoms with Crippen LogP contribution in [0.4, 0.5) is 0 Å². The molecule has 0 radical (unpaired) electrons. The fourth-order valence-corrected chi connectivity index (χ4v) is 5.75. The van der Waals surface area contributed by atoms with Crippen molar-refractivity contribution in [2.75, 3.05) is 19.8 Å². The third kappa shape index (κ3) is 4.28. The highest BCUT2D eigenvalue weighted by atomic mass is 28.4. The van der Waals surface area contributed by atoms with Gasteiger partial charge in [0.25, 0.3) is 0 Å². The van der Waals surface area contributed by atoms with Crippen LogP contribution in [0.25, 0.3) is 0 Å². The van der Waals surface area contributed by atoms with Crippen molar-refractivity contribution in [3.63, 3.8) is 0 Å². The van der Waals surface area contributed by atoms with Crippen LogP contribution in [0.15, 0.2) is 0 Å². The monoisotopic (exact) mass is 288 g/mol. The molecule has 1 heterocycles. The maximum Gasteiger partial charge on any atom is 0.335 e. The van der Waals surface area contributed by atoms with E-state index >= 15 is 0 Å². The maximum absolute atomic E-state index is 6.56. The molecule has 1 aliphatic heterocycles. The van der Waals surface area contributed by atoms with Gasteiger partial charge in [0.1, 0.15) is 0 Å². The molecule has 3 nitrogen and oxygen atoms in total. The fraction of sp³-hybridized carbons (Fsp3) is 1.00. The molecule has 114 valence electrons. The summed E-state index contributed by atoms with van der Waals surface area (Å²) in [6.45, 7) is 13.6. The zero-order chi connectivity index (χ0) is 14.4. The molecular weight excluding hydrogens is 256 g/mol. The quantitative estimate of drug-likeness (QED) is 0.566. The van der Waals surface area contributed by atoms with Crippen LogP contribution in [0.5, 0.6) is 0 Å². The molecule has 19 heavy (non-hydrogen) atoms. The van der Waals surface area contributed by atoms with Gasteiger partial charge in [0, 0.05) is 12.0 Å². The van der Waals surface area contributed by atoms with E-state index in [0.717, 1.165) is 51.5 Å². The molecule has 0 aliphatic carbocycles. The Kier molecular flexibility index (Phi) is 7.01. The zero-order valence-corrected chi connectivity index (χ0v) is 14.5. The Morgan fingerprint density at radius 2 is 1.84 bits per heavy atom. The number of rotatable bonds is 10. The average molecular weight is 289 g/mol. The Balaban J connectivity index is 2.68. The summed E-state index contributed by atoms with van der Waals surface area (Å²) in [5.41, 5.74) is 0.242. The van der Waals surface area contributed by atoms with Crippen LogP contribution in [0.3, 0.4) is 0 Å². The highest BCUT2D eigenvalue weighted by Gasteiger charge is 2.47. The van der Waals surface area contributed by atoms with Crippen LogP contribution in [0.1, 0.15) is 53.4 Å². The summed E-state index contributed by atoms with van der Waals surface area (Å²) in [5.74, 6) is 0. The molecule has 0 amide bonds. The van der Waals surface area contributed by atoms with Crippen LogP contribution >= 0.6 is 0 Å². The molecule has 0 saturated carbocycles. The molecule has 1 rings (SSSR count). The molecular formula is C15H32O3Si. The Bertz CT molecular complexity index is 250. The molecule has 0 bridgehead atoms. The summed E-state index contributed by atoms with van der Waals surface area (Å²) >= 11 is 0. The van der Waals surface area contributed by atoms with Crippen molar-refractivity contribution in [1.82, 2.24) is 0 Å². The van der Waals surface area contributed by atoms with Gasteiger partial charge in [-0.1, -0.05) is 34.1 Å². The van der Waals surface area contributed by atoms with E-state index in [4.69, 9.17) is 13.6 Å². The van der Waals surface area contributed by atoms with Crippen molar-refractivity contribution < 1.29 is 13.6 Å². The van der Waals surface area contributed by atoms with Crippen molar-refractivity contribution in [1.29, 1.82) is 0 Å². The Morgan fingerprint density at radius 3 is 2.21 bits per heavy atom. The first-order chi connectivity index (χ1) is 9.05. The second-order valence-corrected chi connectivity index (χ2v) is 9.25. The Morgan fingerprint density at radius 1 is 1.16 bits per heavy atom. The van der Waals surface area contributed by atoms with Gasteiger partial charge in [0.2, 0.25) is 0 Å². The van der Waals surface area contributed by atoms with Crippen molar-refractivity contribution in [3.05, 3.63) is 0 Å². The van der Waals surface area contributed by atoms with E-state index in [9.17, 15) is 0 Å². The fourth-order valence-electron chi connectivity index (χ4n) is 2.86. The molecule has 0 spiro atoms. The molecule has 2 unspecified atom stereocenters. The summed E-state index contributed by atoms with van der Waals surface area (Å²) in [4.78, 5) is 0. The molecule has 2 atom stereocenters. The van der Waals surface area contributed by atoms with Crippen molar-refractivity contribution >= 4 is 8.56 Å². The molecule has 1 fully saturated rings. The van der Waals surface area contributed by atoms with E-state index in [1.165, 1.54) is 0 Å². The number of hydrogen-bond donors (Lipinski definition) is 0. The first kappa shape index (κ1) is 17.1. The second kappa shape index (κ2) is 7.77. The molecule has 1 aliphatic rings. The van der Waals surface area contributed by atoms with Crippen LogP contribution in [-0.2, 0) is 13.6 Å². The van der Waals surface area contributed by atoms with Gasteiger partial charge in [-0.2, -0.15) is 0 Å². The van der Waals surface area contributed by atoms with E-state index in [-0.39, 0.29) is 5.41 Å². The van der Waals surface area contributed by atoms with Crippen LogP contribution in [-0.4, -0.2) is 34.5 Å². The minimum atomic E-state index is -2.02. The normalized spacial score (nSPS) is 22.6. The molecule has 0 aromatic rings. The van der Waals surface area contributed by atoms with Gasteiger partial charge in [-0.25, -0.2) is 0 Å². The van der Waals surface area contributed by atoms with E-state index in [0.29, 0.717) is 6.10 Å². The van der Waals surface area contributed by atoms with E-state index in [1.807, 2.05) is 0 Å². The first-order valence-electron chi connectivity index (χ1n) is 7.95. The summed E-state index contributed by atoms with van der Waals surface area (Å²) in [6, 6.07) is 1.09. The van der Waals surface area contributed by atoms with E-state index in [2.05, 4.69) is 34.2 Å². The SMILES string of the molecule is CCCO[Si](C)(CCC)OC(CC)C1(CC)COC1. The molecule has 4 heteroatoms. The lowest BCUT2D eigenvalue weighted by molar-refractivity contribution is -0.172. The van der Waals surface area contributed by atoms with Gasteiger partial charge >= 0.3 is 8.56 Å². The third-order valence-corrected chi connectivity index (χ3v) is 7.25. The van der Waals surface area contributed by atoms with Gasteiger partial charge in [0.15, 0.2) is 0 Å². The lowest BCUT2D eigenvalue weighted by atomic mass is 9.77. The molecule has 0 aromatic heterocycles. The molecule has 1 saturated heterocycles. The highest BCUT2D eigenvalue weighted by molar-refractivity contribution is 6.66. The van der Waals surface area contributed by atoms with Crippen LogP contribution < -0.4 is 0 Å². The summed E-state index contributed by atoms with van der Waals surface area (Å²) in [6.07, 6.45) is 4.69. The Labute approximate surface area is 120 Å². The first-order valence-corrected chi connectivity index (χ1v) is 10.5. The lowest BCUT2D eigenvalue weighted by Crippen LogP contribution is -2.56. The minimum absolute atomic E-state index is 0.242. The molecule has 0 N–H and O–H groups in total. The molecule has 0 aromatic carbocycles. The van der Waals surface area contributed by atoms with Gasteiger partial charge < -0.3 is 13.6 Å². The largest absolute Gasteiger partial charge is 0.394 e. The predicted octanol–water partition coefficient (Wildman–Crippen LogP) is 4.12. The van der Waals surface area contributed by atoms with Crippen LogP contribution in [0.2, 0.25) is 12.6 Å². The van der Waals surface area contributed by atoms with Gasteiger partial charge in [0.05, 0.1) is 19.3 Å². The summed E-state index contributed by atoms with van der Waals surface area (Å²) < 4.78 is 18.2. The minimum Gasteiger partial charge on any atom is -0.394 e. The van der Waals surface area contributed by atoms with Crippen molar-refractivity contribution in [2.45, 2.75) is 72.1 Å². The van der Waals surface area contributed by atoms with E-state index in [1.54, 1.807) is 0 Å². The topological polar surface area (TPSA) is 27.7 Å². The van der Waals surface area contributed by atoms with Crippen molar-refractivity contribution in [3.8, 4) is 0 Å². The summed E-state index contributed by atoms with van der Waals surface area (Å²) in [5, 5.41) is 0. The standard InChI is InChI=1S/C15H32O3Si/c1-6-10-17-19(5,11-7-2)18-14(8-3)15(9-4)12-16-13-15/h14H,6-13H2,1-5H3. The second-order valence-electron chi connectivity index (χ2n) is 5.96. The maximum atomic E-state index is 6.56. The zero-order valence-electron chi connectivity index (χ0n) is 13.5. The predicted molar refractivity (Wildman–Crippen MR) is 81.7 cm³/mol. The smallest absolute Gasteiger partial charge is 0.335 e. The van der Waals surface area contributed by atoms with Gasteiger partial charge in [-0.15, -0.1) is 0 Å². The lowest BCUT2D eigenvalue weighted by Gasteiger charge is -2.48. The van der Waals surface area contributed by atoms with Gasteiger partial charge in [-0.05, 0) is 31.9 Å². The number of hydrogen-bond acceptors (Lipinski definition) is 3. The average Bonchev–Trinajstić information content (AvgIpc) is 2.35. The van der Waals surface area contributed by atoms with Crippen LogP contribution in [0, 0.1) is 5.41 Å². The van der Waals surface area contributed by atoms with Crippen molar-refractivity contribution in [2.24, 2.45) is 5.41 Å². The third-order valence-electron chi connectivity index (χ3n) is 4.24. The Hall–Kier alpha value is 0.0969.